The Balaban J connectivity index is 2.86. The van der Waals surface area contributed by atoms with Gasteiger partial charge < -0.3 is 15.5 Å². The summed E-state index contributed by atoms with van der Waals surface area (Å²) >= 11 is 5.87. The van der Waals surface area contributed by atoms with Crippen LogP contribution in [0.2, 0.25) is 0 Å². The Morgan fingerprint density at radius 2 is 2.00 bits per heavy atom. The minimum Gasteiger partial charge on any atom is -0.477 e. The lowest BCUT2D eigenvalue weighted by Gasteiger charge is -2.43. The van der Waals surface area contributed by atoms with Crippen LogP contribution in [0.15, 0.2) is 11.3 Å². The zero-order valence-electron chi connectivity index (χ0n) is 9.81. The van der Waals surface area contributed by atoms with E-state index in [1.165, 1.54) is 0 Å². The second kappa shape index (κ2) is 5.36. The maximum absolute atomic E-state index is 11.7. The third kappa shape index (κ3) is 2.46. The summed E-state index contributed by atoms with van der Waals surface area (Å²) in [6, 6.07) is -1.01. The molecule has 1 rings (SSSR count). The van der Waals surface area contributed by atoms with Crippen LogP contribution in [-0.2, 0) is 14.4 Å². The molecule has 1 aliphatic rings. The number of hydrogen-bond donors (Lipinski definition) is 3. The molecule has 100 valence electrons. The van der Waals surface area contributed by atoms with Crippen LogP contribution in [0.5, 0.6) is 0 Å². The van der Waals surface area contributed by atoms with Crippen molar-refractivity contribution in [2.75, 3.05) is 6.61 Å². The number of aliphatic hydroxyl groups is 1. The summed E-state index contributed by atoms with van der Waals surface area (Å²) in [6.07, 6.45) is 0. The van der Waals surface area contributed by atoms with Gasteiger partial charge in [0.2, 0.25) is 5.91 Å². The second-order valence-electron chi connectivity index (χ2n) is 3.94. The average molecular weight is 277 g/mol. The molecular formula is C10H13ClN2O5. The molecule has 1 fully saturated rings. The largest absolute Gasteiger partial charge is 0.477 e. The SMILES string of the molecule is CC(C)=C(C(=O)O)N1C(=O)C(NC(=O)CO)C1Cl. The van der Waals surface area contributed by atoms with E-state index in [0.717, 1.165) is 4.90 Å². The zero-order valence-corrected chi connectivity index (χ0v) is 10.6. The molecule has 0 aliphatic carbocycles. The number of rotatable bonds is 4. The van der Waals surface area contributed by atoms with Crippen molar-refractivity contribution >= 4 is 29.4 Å². The Bertz CT molecular complexity index is 430. The predicted octanol–water partition coefficient (Wildman–Crippen LogP) is -0.751. The molecule has 0 radical (unpaired) electrons. The number of likely N-dealkylation sites (tertiary alicyclic amines) is 1. The highest BCUT2D eigenvalue weighted by atomic mass is 35.5. The van der Waals surface area contributed by atoms with Crippen molar-refractivity contribution in [3.05, 3.63) is 11.3 Å². The molecule has 0 saturated carbocycles. The number of β-lactam (4-membered cyclic amide) rings is 1. The number of carbonyl (C=O) groups excluding carboxylic acids is 2. The number of aliphatic hydroxyl groups excluding tert-OH is 1. The zero-order chi connectivity index (χ0) is 14.0. The van der Waals surface area contributed by atoms with E-state index in [1.54, 1.807) is 13.8 Å². The van der Waals surface area contributed by atoms with E-state index >= 15 is 0 Å². The van der Waals surface area contributed by atoms with E-state index in [-0.39, 0.29) is 5.70 Å². The molecule has 1 saturated heterocycles. The third-order valence-electron chi connectivity index (χ3n) is 2.40. The summed E-state index contributed by atoms with van der Waals surface area (Å²) in [4.78, 5) is 34.6. The van der Waals surface area contributed by atoms with Crippen molar-refractivity contribution in [1.29, 1.82) is 0 Å². The first-order valence-corrected chi connectivity index (χ1v) is 5.53. The standard InChI is InChI=1S/C10H13ClN2O5/c1-4(2)7(10(17)18)13-8(11)6(9(13)16)12-5(15)3-14/h6,8,14H,3H2,1-2H3,(H,12,15)(H,17,18). The molecule has 8 heteroatoms. The fourth-order valence-corrected chi connectivity index (χ4v) is 1.96. The van der Waals surface area contributed by atoms with Crippen molar-refractivity contribution in [2.45, 2.75) is 25.4 Å². The van der Waals surface area contributed by atoms with E-state index in [1.807, 2.05) is 0 Å². The number of amides is 2. The number of aliphatic carboxylic acids is 1. The lowest BCUT2D eigenvalue weighted by molar-refractivity contribution is -0.151. The molecule has 2 unspecified atom stereocenters. The molecule has 0 aromatic carbocycles. The number of alkyl halides is 1. The summed E-state index contributed by atoms with van der Waals surface area (Å²) < 4.78 is 0. The van der Waals surface area contributed by atoms with Gasteiger partial charge in [0.05, 0.1) is 0 Å². The highest BCUT2D eigenvalue weighted by Gasteiger charge is 2.50. The summed E-state index contributed by atoms with van der Waals surface area (Å²) in [6.45, 7) is 2.32. The van der Waals surface area contributed by atoms with E-state index in [0.29, 0.717) is 5.57 Å². The smallest absolute Gasteiger partial charge is 0.352 e. The Kier molecular flexibility index (Phi) is 4.31. The van der Waals surface area contributed by atoms with Crippen LogP contribution in [0.1, 0.15) is 13.8 Å². The molecule has 7 nitrogen and oxygen atoms in total. The molecule has 0 aromatic rings. The quantitative estimate of drug-likeness (QED) is 0.271. The second-order valence-corrected chi connectivity index (χ2v) is 4.39. The van der Waals surface area contributed by atoms with Crippen LogP contribution in [0.25, 0.3) is 0 Å². The third-order valence-corrected chi connectivity index (χ3v) is 2.85. The van der Waals surface area contributed by atoms with Crippen molar-refractivity contribution in [3.63, 3.8) is 0 Å². The average Bonchev–Trinajstić information content (AvgIpc) is 2.30. The molecule has 0 aromatic heterocycles. The van der Waals surface area contributed by atoms with Gasteiger partial charge in [0.1, 0.15) is 23.8 Å². The van der Waals surface area contributed by atoms with Crippen LogP contribution < -0.4 is 5.32 Å². The predicted molar refractivity (Wildman–Crippen MR) is 61.5 cm³/mol. The van der Waals surface area contributed by atoms with Gasteiger partial charge >= 0.3 is 5.97 Å². The lowest BCUT2D eigenvalue weighted by Crippen LogP contribution is -2.68. The molecule has 2 amide bonds. The molecule has 0 spiro atoms. The van der Waals surface area contributed by atoms with E-state index in [4.69, 9.17) is 21.8 Å². The van der Waals surface area contributed by atoms with Gasteiger partial charge in [-0.25, -0.2) is 4.79 Å². The summed E-state index contributed by atoms with van der Waals surface area (Å²) in [5.41, 5.74) is -0.753. The molecule has 1 aliphatic heterocycles. The molecule has 3 N–H and O–H groups in total. The number of nitrogens with one attached hydrogen (secondary N) is 1. The Labute approximate surface area is 108 Å². The molecular weight excluding hydrogens is 264 g/mol. The summed E-state index contributed by atoms with van der Waals surface area (Å²) in [7, 11) is 0. The van der Waals surface area contributed by atoms with Gasteiger partial charge in [0.15, 0.2) is 0 Å². The maximum Gasteiger partial charge on any atom is 0.352 e. The van der Waals surface area contributed by atoms with Crippen LogP contribution in [0, 0.1) is 0 Å². The Morgan fingerprint density at radius 1 is 1.44 bits per heavy atom. The number of halogens is 1. The van der Waals surface area contributed by atoms with Gasteiger partial charge in [-0.15, -0.1) is 0 Å². The monoisotopic (exact) mass is 276 g/mol. The van der Waals surface area contributed by atoms with Crippen LogP contribution in [0.4, 0.5) is 0 Å². The van der Waals surface area contributed by atoms with E-state index < -0.39 is 35.9 Å². The van der Waals surface area contributed by atoms with Crippen molar-refractivity contribution in [1.82, 2.24) is 10.2 Å². The van der Waals surface area contributed by atoms with Crippen molar-refractivity contribution in [2.24, 2.45) is 0 Å². The molecule has 18 heavy (non-hydrogen) atoms. The van der Waals surface area contributed by atoms with Gasteiger partial charge in [0.25, 0.3) is 5.91 Å². The number of nitrogens with zero attached hydrogens (tertiary/aromatic N) is 1. The molecule has 2 atom stereocenters. The maximum atomic E-state index is 11.7. The first-order valence-electron chi connectivity index (χ1n) is 5.09. The fourth-order valence-electron chi connectivity index (χ4n) is 1.60. The number of carbonyl (C=O) groups is 3. The Hall–Kier alpha value is -1.60. The summed E-state index contributed by atoms with van der Waals surface area (Å²) in [5.74, 6) is -2.62. The molecule has 1 heterocycles. The van der Waals surface area contributed by atoms with Gasteiger partial charge in [0, 0.05) is 0 Å². The van der Waals surface area contributed by atoms with E-state index in [9.17, 15) is 14.4 Å². The van der Waals surface area contributed by atoms with Gasteiger partial charge in [-0.2, -0.15) is 0 Å². The van der Waals surface area contributed by atoms with Crippen molar-refractivity contribution in [3.8, 4) is 0 Å². The number of carboxylic acid groups (broad SMARTS) is 1. The van der Waals surface area contributed by atoms with Gasteiger partial charge in [-0.3, -0.25) is 14.5 Å². The van der Waals surface area contributed by atoms with Gasteiger partial charge in [-0.1, -0.05) is 11.6 Å². The minimum absolute atomic E-state index is 0.200. The number of carboxylic acids is 1. The first-order chi connectivity index (χ1) is 8.31. The fraction of sp³-hybridized carbons (Fsp3) is 0.500. The van der Waals surface area contributed by atoms with E-state index in [2.05, 4.69) is 5.32 Å². The van der Waals surface area contributed by atoms with Crippen LogP contribution in [0.3, 0.4) is 0 Å². The highest BCUT2D eigenvalue weighted by Crippen LogP contribution is 2.29. The number of hydrogen-bond acceptors (Lipinski definition) is 4. The van der Waals surface area contributed by atoms with Crippen LogP contribution in [-0.4, -0.2) is 51.0 Å². The van der Waals surface area contributed by atoms with Gasteiger partial charge in [-0.05, 0) is 19.4 Å². The van der Waals surface area contributed by atoms with Crippen LogP contribution >= 0.6 is 11.6 Å². The Morgan fingerprint density at radius 3 is 2.33 bits per heavy atom. The number of allylic oxidation sites excluding steroid dienone is 1. The van der Waals surface area contributed by atoms with Crippen molar-refractivity contribution < 1.29 is 24.6 Å². The highest BCUT2D eigenvalue weighted by molar-refractivity contribution is 6.27. The normalized spacial score (nSPS) is 22.2. The topological polar surface area (TPSA) is 107 Å². The lowest BCUT2D eigenvalue weighted by atomic mass is 10.0. The summed E-state index contributed by atoms with van der Waals surface area (Å²) in [5, 5.41) is 19.7. The molecule has 0 bridgehead atoms. The first kappa shape index (κ1) is 14.5. The minimum atomic E-state index is -1.26.